The maximum absolute atomic E-state index is 13.1. The lowest BCUT2D eigenvalue weighted by Gasteiger charge is -2.13. The lowest BCUT2D eigenvalue weighted by molar-refractivity contribution is 0.100. The molecule has 0 saturated carbocycles. The number of pyridine rings is 1. The molecule has 1 aliphatic rings. The molecule has 5 nitrogen and oxygen atoms in total. The first-order chi connectivity index (χ1) is 9.13. The average Bonchev–Trinajstić information content (AvgIpc) is 2.95. The summed E-state index contributed by atoms with van der Waals surface area (Å²) in [5.41, 5.74) is 7.44. The van der Waals surface area contributed by atoms with Gasteiger partial charge in [-0.15, -0.1) is 0 Å². The minimum Gasteiger partial charge on any atom is -0.462 e. The van der Waals surface area contributed by atoms with Crippen LogP contribution in [0, 0.1) is 0 Å². The number of carbonyl (C=O) groups is 1. The van der Waals surface area contributed by atoms with Crippen molar-refractivity contribution in [2.45, 2.75) is 19.1 Å². The van der Waals surface area contributed by atoms with E-state index in [4.69, 9.17) is 10.2 Å². The summed E-state index contributed by atoms with van der Waals surface area (Å²) in [5.74, 6) is -0.557. The van der Waals surface area contributed by atoms with Crippen LogP contribution in [-0.4, -0.2) is 35.1 Å². The summed E-state index contributed by atoms with van der Waals surface area (Å²) < 4.78 is 18.4. The van der Waals surface area contributed by atoms with Crippen molar-refractivity contribution in [2.75, 3.05) is 13.1 Å². The summed E-state index contributed by atoms with van der Waals surface area (Å²) in [7, 11) is 0. The van der Waals surface area contributed by atoms with Crippen molar-refractivity contribution in [3.05, 3.63) is 29.7 Å². The van der Waals surface area contributed by atoms with Gasteiger partial charge in [0.05, 0.1) is 0 Å². The first kappa shape index (κ1) is 12.1. The molecule has 1 aliphatic heterocycles. The van der Waals surface area contributed by atoms with Crippen molar-refractivity contribution in [2.24, 2.45) is 5.73 Å². The minimum atomic E-state index is -0.734. The van der Waals surface area contributed by atoms with Gasteiger partial charge in [0.1, 0.15) is 23.5 Å². The molecule has 0 spiro atoms. The number of nitrogens with zero attached hydrogens (tertiary/aromatic N) is 2. The zero-order valence-corrected chi connectivity index (χ0v) is 10.3. The molecule has 0 aromatic carbocycles. The molecule has 0 aliphatic carbocycles. The van der Waals surface area contributed by atoms with Crippen molar-refractivity contribution in [1.29, 1.82) is 0 Å². The number of halogens is 1. The largest absolute Gasteiger partial charge is 0.462 e. The molecular formula is C13H14FN3O2. The van der Waals surface area contributed by atoms with Gasteiger partial charge in [-0.05, 0) is 18.1 Å². The van der Waals surface area contributed by atoms with E-state index in [1.165, 1.54) is 6.26 Å². The third-order valence-corrected chi connectivity index (χ3v) is 3.35. The van der Waals surface area contributed by atoms with E-state index in [0.29, 0.717) is 30.6 Å². The highest BCUT2D eigenvalue weighted by molar-refractivity contribution is 6.03. The average molecular weight is 263 g/mol. The molecule has 1 saturated heterocycles. The number of hydrogen-bond acceptors (Lipinski definition) is 4. The fourth-order valence-electron chi connectivity index (χ4n) is 2.40. The van der Waals surface area contributed by atoms with Crippen molar-refractivity contribution in [3.8, 4) is 0 Å². The molecule has 100 valence electrons. The predicted octanol–water partition coefficient (Wildman–Crippen LogP) is 1.47. The molecule has 2 N–H and O–H groups in total. The number of aromatic nitrogens is 1. The SMILES string of the molecule is NC(=O)c1coc2cc(CN3CC[C@H](F)C3)cnc12. The molecule has 0 unspecified atom stereocenters. The first-order valence-electron chi connectivity index (χ1n) is 6.16. The number of rotatable bonds is 3. The number of alkyl halides is 1. The normalized spacial score (nSPS) is 20.2. The number of likely N-dealkylation sites (tertiary alicyclic amines) is 1. The van der Waals surface area contributed by atoms with Crippen LogP contribution in [0.3, 0.4) is 0 Å². The van der Waals surface area contributed by atoms with E-state index in [2.05, 4.69) is 4.98 Å². The quantitative estimate of drug-likeness (QED) is 0.910. The number of carbonyl (C=O) groups excluding carboxylic acids is 1. The summed E-state index contributed by atoms with van der Waals surface area (Å²) in [4.78, 5) is 17.4. The second-order valence-corrected chi connectivity index (χ2v) is 4.83. The van der Waals surface area contributed by atoms with Crippen LogP contribution >= 0.6 is 0 Å². The van der Waals surface area contributed by atoms with E-state index < -0.39 is 12.1 Å². The lowest BCUT2D eigenvalue weighted by atomic mass is 10.2. The van der Waals surface area contributed by atoms with Crippen LogP contribution in [0.1, 0.15) is 22.3 Å². The molecule has 2 aromatic rings. The topological polar surface area (TPSA) is 72.4 Å². The zero-order valence-electron chi connectivity index (χ0n) is 10.3. The zero-order chi connectivity index (χ0) is 13.4. The lowest BCUT2D eigenvalue weighted by Crippen LogP contribution is -2.20. The first-order valence-corrected chi connectivity index (χ1v) is 6.16. The van der Waals surface area contributed by atoms with Crippen LogP contribution in [0.5, 0.6) is 0 Å². The van der Waals surface area contributed by atoms with Gasteiger partial charge in [0.25, 0.3) is 5.91 Å². The van der Waals surface area contributed by atoms with Gasteiger partial charge < -0.3 is 10.2 Å². The number of primary amides is 1. The van der Waals surface area contributed by atoms with Crippen LogP contribution in [0.4, 0.5) is 4.39 Å². The molecule has 0 bridgehead atoms. The summed E-state index contributed by atoms with van der Waals surface area (Å²) in [6, 6.07) is 1.82. The Balaban J connectivity index is 1.84. The van der Waals surface area contributed by atoms with E-state index in [9.17, 15) is 9.18 Å². The fourth-order valence-corrected chi connectivity index (χ4v) is 2.40. The number of nitrogens with two attached hydrogens (primary N) is 1. The highest BCUT2D eigenvalue weighted by atomic mass is 19.1. The van der Waals surface area contributed by atoms with Crippen LogP contribution in [0.2, 0.25) is 0 Å². The summed E-state index contributed by atoms with van der Waals surface area (Å²) >= 11 is 0. The number of furan rings is 1. The minimum absolute atomic E-state index is 0.284. The standard InChI is InChI=1S/C13H14FN3O2/c14-9-1-2-17(6-9)5-8-3-11-12(16-4-8)10(7-19-11)13(15)18/h3-4,7,9H,1-2,5-6H2,(H2,15,18)/t9-/m0/s1. The van der Waals surface area contributed by atoms with E-state index in [0.717, 1.165) is 12.1 Å². The van der Waals surface area contributed by atoms with Gasteiger partial charge in [-0.3, -0.25) is 14.7 Å². The van der Waals surface area contributed by atoms with Crippen LogP contribution in [0.25, 0.3) is 11.1 Å². The van der Waals surface area contributed by atoms with Gasteiger partial charge in [0.15, 0.2) is 5.58 Å². The van der Waals surface area contributed by atoms with Crippen LogP contribution in [-0.2, 0) is 6.54 Å². The Morgan fingerprint density at radius 1 is 1.63 bits per heavy atom. The number of hydrogen-bond donors (Lipinski definition) is 1. The van der Waals surface area contributed by atoms with E-state index in [1.807, 2.05) is 11.0 Å². The predicted molar refractivity (Wildman–Crippen MR) is 67.3 cm³/mol. The summed E-state index contributed by atoms with van der Waals surface area (Å²) in [6.07, 6.45) is 2.84. The van der Waals surface area contributed by atoms with E-state index >= 15 is 0 Å². The molecular weight excluding hydrogens is 249 g/mol. The maximum Gasteiger partial charge on any atom is 0.254 e. The molecule has 1 atom stereocenters. The Bertz CT molecular complexity index is 625. The molecule has 19 heavy (non-hydrogen) atoms. The summed E-state index contributed by atoms with van der Waals surface area (Å²) in [6.45, 7) is 1.85. The Labute approximate surface area is 109 Å². The fraction of sp³-hybridized carbons (Fsp3) is 0.385. The van der Waals surface area contributed by atoms with Gasteiger partial charge in [-0.1, -0.05) is 0 Å². The van der Waals surface area contributed by atoms with E-state index in [1.54, 1.807) is 6.20 Å². The monoisotopic (exact) mass is 263 g/mol. The molecule has 2 aromatic heterocycles. The maximum atomic E-state index is 13.1. The van der Waals surface area contributed by atoms with Crippen LogP contribution < -0.4 is 5.73 Å². The molecule has 0 radical (unpaired) electrons. The number of fused-ring (bicyclic) bond motifs is 1. The smallest absolute Gasteiger partial charge is 0.254 e. The Morgan fingerprint density at radius 2 is 2.47 bits per heavy atom. The number of amides is 1. The third-order valence-electron chi connectivity index (χ3n) is 3.35. The highest BCUT2D eigenvalue weighted by Crippen LogP contribution is 2.21. The Hall–Kier alpha value is -1.95. The highest BCUT2D eigenvalue weighted by Gasteiger charge is 2.22. The van der Waals surface area contributed by atoms with Gasteiger partial charge in [-0.2, -0.15) is 0 Å². The summed E-state index contributed by atoms with van der Waals surface area (Å²) in [5, 5.41) is 0. The van der Waals surface area contributed by atoms with Crippen molar-refractivity contribution in [1.82, 2.24) is 9.88 Å². The van der Waals surface area contributed by atoms with Crippen molar-refractivity contribution in [3.63, 3.8) is 0 Å². The van der Waals surface area contributed by atoms with Gasteiger partial charge in [0, 0.05) is 25.8 Å². The van der Waals surface area contributed by atoms with Gasteiger partial charge in [-0.25, -0.2) is 4.39 Å². The van der Waals surface area contributed by atoms with Gasteiger partial charge in [0.2, 0.25) is 0 Å². The molecule has 6 heteroatoms. The molecule has 1 amide bonds. The Morgan fingerprint density at radius 3 is 3.16 bits per heavy atom. The van der Waals surface area contributed by atoms with Crippen molar-refractivity contribution >= 4 is 17.0 Å². The van der Waals surface area contributed by atoms with Crippen LogP contribution in [0.15, 0.2) is 22.9 Å². The molecule has 1 fully saturated rings. The second kappa shape index (κ2) is 4.62. The van der Waals surface area contributed by atoms with Gasteiger partial charge >= 0.3 is 0 Å². The molecule has 3 heterocycles. The van der Waals surface area contributed by atoms with E-state index in [-0.39, 0.29) is 5.56 Å². The molecule has 3 rings (SSSR count). The third kappa shape index (κ3) is 2.31. The Kier molecular flexibility index (Phi) is 2.94. The second-order valence-electron chi connectivity index (χ2n) is 4.83. The van der Waals surface area contributed by atoms with Crippen molar-refractivity contribution < 1.29 is 13.6 Å².